The van der Waals surface area contributed by atoms with E-state index in [1.807, 2.05) is 6.92 Å². The molecule has 1 fully saturated rings. The molecule has 18 heavy (non-hydrogen) atoms. The number of likely N-dealkylation sites (N-methyl/N-ethyl adjacent to an activating group) is 1. The lowest BCUT2D eigenvalue weighted by molar-refractivity contribution is -0.0629. The highest BCUT2D eigenvalue weighted by Gasteiger charge is 2.40. The Morgan fingerprint density at radius 1 is 1.28 bits per heavy atom. The molecule has 0 aromatic heterocycles. The van der Waals surface area contributed by atoms with Gasteiger partial charge in [-0.25, -0.2) is 8.78 Å². The molecule has 0 N–H and O–H groups in total. The summed E-state index contributed by atoms with van der Waals surface area (Å²) in [5.41, 5.74) is -0.904. The number of hydrogen-bond donors (Lipinski definition) is 0. The van der Waals surface area contributed by atoms with Crippen molar-refractivity contribution in [3.63, 3.8) is 0 Å². The molecule has 0 radical (unpaired) electrons. The minimum Gasteiger partial charge on any atom is -0.482 e. The fourth-order valence-electron chi connectivity index (χ4n) is 2.19. The molecule has 0 atom stereocenters. The van der Waals surface area contributed by atoms with E-state index in [0.717, 1.165) is 12.6 Å². The van der Waals surface area contributed by atoms with Crippen molar-refractivity contribution in [2.24, 2.45) is 0 Å². The van der Waals surface area contributed by atoms with E-state index in [4.69, 9.17) is 4.74 Å². The van der Waals surface area contributed by atoms with Gasteiger partial charge >= 0.3 is 0 Å². The third-order valence-corrected chi connectivity index (χ3v) is 3.27. The first-order chi connectivity index (χ1) is 8.36. The lowest BCUT2D eigenvalue weighted by atomic mass is 9.96. The number of benzene rings is 1. The zero-order valence-corrected chi connectivity index (χ0v) is 10.7. The van der Waals surface area contributed by atoms with E-state index < -0.39 is 23.1 Å². The van der Waals surface area contributed by atoms with E-state index in [-0.39, 0.29) is 11.3 Å². The summed E-state index contributed by atoms with van der Waals surface area (Å²) >= 11 is 0. The molecular weight excluding hydrogens is 243 g/mol. The Morgan fingerprint density at radius 2 is 1.89 bits per heavy atom. The predicted molar refractivity (Wildman–Crippen MR) is 62.2 cm³/mol. The maximum atomic E-state index is 13.6. The van der Waals surface area contributed by atoms with Crippen molar-refractivity contribution in [3.05, 3.63) is 29.1 Å². The van der Waals surface area contributed by atoms with Crippen LogP contribution in [0.3, 0.4) is 0 Å². The van der Waals surface area contributed by atoms with Gasteiger partial charge in [0.15, 0.2) is 11.6 Å². The van der Waals surface area contributed by atoms with Crippen LogP contribution in [0.5, 0.6) is 5.75 Å². The van der Waals surface area contributed by atoms with Gasteiger partial charge in [0.05, 0.1) is 0 Å². The minimum atomic E-state index is -1.18. The average Bonchev–Trinajstić information content (AvgIpc) is 2.30. The Balaban J connectivity index is 2.21. The molecule has 1 saturated heterocycles. The summed E-state index contributed by atoms with van der Waals surface area (Å²) < 4.78 is 45.8. The van der Waals surface area contributed by atoms with Crippen LogP contribution in [0.2, 0.25) is 0 Å². The lowest BCUT2D eigenvalue weighted by Gasteiger charge is -2.47. The van der Waals surface area contributed by atoms with Crippen LogP contribution >= 0.6 is 0 Å². The van der Waals surface area contributed by atoms with Gasteiger partial charge < -0.3 is 4.74 Å². The van der Waals surface area contributed by atoms with Crippen molar-refractivity contribution >= 4 is 0 Å². The molecule has 0 saturated carbocycles. The van der Waals surface area contributed by atoms with Crippen molar-refractivity contribution in [2.75, 3.05) is 19.6 Å². The quantitative estimate of drug-likeness (QED) is 0.774. The highest BCUT2D eigenvalue weighted by atomic mass is 19.2. The van der Waals surface area contributed by atoms with Gasteiger partial charge in [0.1, 0.15) is 11.4 Å². The summed E-state index contributed by atoms with van der Waals surface area (Å²) in [6.07, 6.45) is 0. The van der Waals surface area contributed by atoms with Gasteiger partial charge in [0.2, 0.25) is 5.82 Å². The Kier molecular flexibility index (Phi) is 3.27. The first-order valence-electron chi connectivity index (χ1n) is 5.92. The molecule has 2 nitrogen and oxygen atoms in total. The average molecular weight is 259 g/mol. The summed E-state index contributed by atoms with van der Waals surface area (Å²) in [5, 5.41) is 0. The van der Waals surface area contributed by atoms with Crippen LogP contribution in [0, 0.1) is 24.4 Å². The first-order valence-corrected chi connectivity index (χ1v) is 5.92. The second-order valence-electron chi connectivity index (χ2n) is 4.96. The zero-order valence-electron chi connectivity index (χ0n) is 10.7. The molecule has 2 rings (SSSR count). The van der Waals surface area contributed by atoms with Gasteiger partial charge in [0, 0.05) is 24.7 Å². The predicted octanol–water partition coefficient (Wildman–Crippen LogP) is 2.89. The molecule has 0 bridgehead atoms. The van der Waals surface area contributed by atoms with Crippen LogP contribution in [0.4, 0.5) is 13.2 Å². The maximum absolute atomic E-state index is 13.6. The standard InChI is InChI=1S/C13H16F3NO/c1-4-17-6-13(3,7-17)18-10-5-9(14)8(2)11(15)12(10)16/h5H,4,6-7H2,1-3H3. The second kappa shape index (κ2) is 4.46. The monoisotopic (exact) mass is 259 g/mol. The Morgan fingerprint density at radius 3 is 2.44 bits per heavy atom. The molecule has 5 heteroatoms. The van der Waals surface area contributed by atoms with Crippen molar-refractivity contribution < 1.29 is 17.9 Å². The molecule has 1 aliphatic rings. The molecule has 1 aromatic rings. The molecule has 0 amide bonds. The van der Waals surface area contributed by atoms with Gasteiger partial charge in [0.25, 0.3) is 0 Å². The third-order valence-electron chi connectivity index (χ3n) is 3.27. The Hall–Kier alpha value is -1.23. The fraction of sp³-hybridized carbons (Fsp3) is 0.538. The van der Waals surface area contributed by atoms with Gasteiger partial charge in [-0.3, -0.25) is 4.90 Å². The summed E-state index contributed by atoms with van der Waals surface area (Å²) in [6.45, 7) is 7.12. The largest absolute Gasteiger partial charge is 0.482 e. The molecule has 1 heterocycles. The van der Waals surface area contributed by atoms with Crippen LogP contribution in [-0.2, 0) is 0 Å². The molecule has 0 unspecified atom stereocenters. The van der Waals surface area contributed by atoms with E-state index >= 15 is 0 Å². The fourth-order valence-corrected chi connectivity index (χ4v) is 2.19. The molecule has 1 aromatic carbocycles. The van der Waals surface area contributed by atoms with Crippen molar-refractivity contribution in [2.45, 2.75) is 26.4 Å². The normalized spacial score (nSPS) is 18.6. The molecule has 1 aliphatic heterocycles. The highest BCUT2D eigenvalue weighted by molar-refractivity contribution is 5.32. The Bertz CT molecular complexity index is 470. The minimum absolute atomic E-state index is 0.325. The third kappa shape index (κ3) is 2.19. The molecule has 100 valence electrons. The summed E-state index contributed by atoms with van der Waals surface area (Å²) in [6, 6.07) is 0.910. The van der Waals surface area contributed by atoms with E-state index in [9.17, 15) is 13.2 Å². The molecular formula is C13H16F3NO. The van der Waals surface area contributed by atoms with Gasteiger partial charge in [-0.1, -0.05) is 6.92 Å². The van der Waals surface area contributed by atoms with Crippen LogP contribution < -0.4 is 4.74 Å². The molecule has 0 spiro atoms. The number of ether oxygens (including phenoxy) is 1. The highest BCUT2D eigenvalue weighted by Crippen LogP contribution is 2.31. The van der Waals surface area contributed by atoms with Gasteiger partial charge in [-0.2, -0.15) is 4.39 Å². The van der Waals surface area contributed by atoms with E-state index in [0.29, 0.717) is 13.1 Å². The van der Waals surface area contributed by atoms with Gasteiger partial charge in [-0.15, -0.1) is 0 Å². The van der Waals surface area contributed by atoms with Crippen molar-refractivity contribution in [3.8, 4) is 5.75 Å². The number of likely N-dealkylation sites (tertiary alicyclic amines) is 1. The first kappa shape index (κ1) is 13.2. The van der Waals surface area contributed by atoms with Crippen LogP contribution in [-0.4, -0.2) is 30.1 Å². The van der Waals surface area contributed by atoms with E-state index in [1.165, 1.54) is 6.92 Å². The Labute approximate surface area is 104 Å². The topological polar surface area (TPSA) is 12.5 Å². The van der Waals surface area contributed by atoms with Crippen LogP contribution in [0.1, 0.15) is 19.4 Å². The maximum Gasteiger partial charge on any atom is 0.201 e. The number of rotatable bonds is 3. The molecule has 0 aliphatic carbocycles. The SMILES string of the molecule is CCN1CC(C)(Oc2cc(F)c(C)c(F)c2F)C1. The van der Waals surface area contributed by atoms with E-state index in [2.05, 4.69) is 4.90 Å². The van der Waals surface area contributed by atoms with Crippen molar-refractivity contribution in [1.82, 2.24) is 4.90 Å². The number of nitrogens with zero attached hydrogens (tertiary/aromatic N) is 1. The van der Waals surface area contributed by atoms with Crippen molar-refractivity contribution in [1.29, 1.82) is 0 Å². The smallest absolute Gasteiger partial charge is 0.201 e. The zero-order chi connectivity index (χ0) is 13.5. The lowest BCUT2D eigenvalue weighted by Crippen LogP contribution is -2.62. The van der Waals surface area contributed by atoms with Crippen LogP contribution in [0.25, 0.3) is 0 Å². The summed E-state index contributed by atoms with van der Waals surface area (Å²) in [5.74, 6) is -3.45. The number of hydrogen-bond acceptors (Lipinski definition) is 2. The van der Waals surface area contributed by atoms with Gasteiger partial charge in [-0.05, 0) is 20.4 Å². The second-order valence-corrected chi connectivity index (χ2v) is 4.96. The number of halogens is 3. The van der Waals surface area contributed by atoms with Crippen LogP contribution in [0.15, 0.2) is 6.07 Å². The van der Waals surface area contributed by atoms with E-state index in [1.54, 1.807) is 6.92 Å². The summed E-state index contributed by atoms with van der Waals surface area (Å²) in [7, 11) is 0. The summed E-state index contributed by atoms with van der Waals surface area (Å²) in [4.78, 5) is 2.10.